The second-order valence-electron chi connectivity index (χ2n) is 8.49. The van der Waals surface area contributed by atoms with Crippen molar-refractivity contribution in [3.63, 3.8) is 0 Å². The highest BCUT2D eigenvalue weighted by molar-refractivity contribution is 5.64. The summed E-state index contributed by atoms with van der Waals surface area (Å²) in [6, 6.07) is 11.6. The van der Waals surface area contributed by atoms with E-state index in [1.165, 1.54) is 0 Å². The molecule has 0 saturated carbocycles. The number of nitrogens with one attached hydrogen (secondary N) is 1. The molecule has 3 aromatic rings. The van der Waals surface area contributed by atoms with Crippen molar-refractivity contribution in [2.24, 2.45) is 7.05 Å². The third-order valence-corrected chi connectivity index (χ3v) is 6.32. The van der Waals surface area contributed by atoms with Crippen LogP contribution in [0.5, 0.6) is 5.75 Å². The first-order valence-electron chi connectivity index (χ1n) is 11.8. The molecule has 0 aliphatic carbocycles. The van der Waals surface area contributed by atoms with Crippen molar-refractivity contribution in [3.05, 3.63) is 64.2 Å². The monoisotopic (exact) mass is 463 g/mol. The Morgan fingerprint density at radius 3 is 2.65 bits per heavy atom. The average molecular weight is 464 g/mol. The fraction of sp³-hybridized carbons (Fsp3) is 0.423. The van der Waals surface area contributed by atoms with Gasteiger partial charge in [-0.1, -0.05) is 13.0 Å². The molecule has 1 N–H and O–H groups in total. The molecule has 1 aliphatic heterocycles. The van der Waals surface area contributed by atoms with Crippen LogP contribution in [0.1, 0.15) is 25.1 Å². The van der Waals surface area contributed by atoms with Gasteiger partial charge in [0.25, 0.3) is 5.56 Å². The average Bonchev–Trinajstić information content (AvgIpc) is 3.25. The highest BCUT2D eigenvalue weighted by atomic mass is 16.5. The van der Waals surface area contributed by atoms with Crippen LogP contribution in [0.3, 0.4) is 0 Å². The van der Waals surface area contributed by atoms with Crippen molar-refractivity contribution in [2.75, 3.05) is 37.0 Å². The van der Waals surface area contributed by atoms with Gasteiger partial charge in [-0.25, -0.2) is 9.97 Å². The minimum absolute atomic E-state index is 0.0599. The van der Waals surface area contributed by atoms with Crippen molar-refractivity contribution in [1.29, 1.82) is 0 Å². The van der Waals surface area contributed by atoms with Gasteiger partial charge in [0, 0.05) is 38.5 Å². The van der Waals surface area contributed by atoms with Gasteiger partial charge in [-0.05, 0) is 56.2 Å². The van der Waals surface area contributed by atoms with Crippen LogP contribution in [0.25, 0.3) is 11.4 Å². The Kier molecular flexibility index (Phi) is 7.17. The number of anilines is 2. The van der Waals surface area contributed by atoms with E-state index in [4.69, 9.17) is 14.5 Å². The zero-order valence-electron chi connectivity index (χ0n) is 20.5. The number of pyridine rings is 1. The lowest BCUT2D eigenvalue weighted by Crippen LogP contribution is -2.38. The smallest absolute Gasteiger partial charge is 0.277 e. The molecule has 0 amide bonds. The minimum Gasteiger partial charge on any atom is -0.497 e. The number of aromatic nitrogens is 3. The lowest BCUT2D eigenvalue weighted by molar-refractivity contribution is 0.0719. The fourth-order valence-corrected chi connectivity index (χ4v) is 4.51. The summed E-state index contributed by atoms with van der Waals surface area (Å²) in [7, 11) is 3.42. The third kappa shape index (κ3) is 4.63. The molecule has 3 heterocycles. The van der Waals surface area contributed by atoms with Crippen molar-refractivity contribution in [3.8, 4) is 17.1 Å². The number of aryl methyl sites for hydroxylation is 2. The van der Waals surface area contributed by atoms with E-state index in [0.29, 0.717) is 37.6 Å². The van der Waals surface area contributed by atoms with Gasteiger partial charge in [0.15, 0.2) is 0 Å². The van der Waals surface area contributed by atoms with Crippen LogP contribution in [-0.2, 0) is 18.2 Å². The Morgan fingerprint density at radius 2 is 2.00 bits per heavy atom. The number of benzene rings is 1. The predicted octanol–water partition coefficient (Wildman–Crippen LogP) is 3.43. The molecule has 1 aliphatic rings. The number of hydrogen-bond acceptors (Lipinski definition) is 7. The molecule has 34 heavy (non-hydrogen) atoms. The molecule has 1 fully saturated rings. The number of hydrogen-bond donors (Lipinski definition) is 1. The summed E-state index contributed by atoms with van der Waals surface area (Å²) in [5, 5.41) is 3.51. The Morgan fingerprint density at radius 1 is 1.18 bits per heavy atom. The molecule has 180 valence electrons. The normalized spacial score (nSPS) is 17.7. The van der Waals surface area contributed by atoms with Crippen LogP contribution in [0.15, 0.2) is 47.4 Å². The van der Waals surface area contributed by atoms with E-state index in [1.54, 1.807) is 24.9 Å². The zero-order chi connectivity index (χ0) is 24.2. The first-order chi connectivity index (χ1) is 16.5. The summed E-state index contributed by atoms with van der Waals surface area (Å²) in [6.45, 7) is 8.01. The van der Waals surface area contributed by atoms with E-state index in [0.717, 1.165) is 28.4 Å². The molecule has 0 spiro atoms. The number of ether oxygens (including phenoxy) is 2. The minimum atomic E-state index is -0.0939. The molecule has 8 nitrogen and oxygen atoms in total. The van der Waals surface area contributed by atoms with E-state index in [-0.39, 0.29) is 17.7 Å². The van der Waals surface area contributed by atoms with Crippen LogP contribution in [0.2, 0.25) is 0 Å². The predicted molar refractivity (Wildman–Crippen MR) is 135 cm³/mol. The van der Waals surface area contributed by atoms with Crippen LogP contribution in [0.4, 0.5) is 11.5 Å². The number of nitrogens with zero attached hydrogens (tertiary/aromatic N) is 4. The Hall–Kier alpha value is -3.39. The summed E-state index contributed by atoms with van der Waals surface area (Å²) in [5.74, 6) is 2.33. The van der Waals surface area contributed by atoms with Gasteiger partial charge in [-0.3, -0.25) is 9.36 Å². The molecule has 2 atom stereocenters. The topological polar surface area (TPSA) is 81.5 Å². The van der Waals surface area contributed by atoms with Crippen molar-refractivity contribution >= 4 is 11.5 Å². The Balaban J connectivity index is 1.68. The Labute approximate surface area is 200 Å². The van der Waals surface area contributed by atoms with Crippen LogP contribution in [-0.4, -0.2) is 53.5 Å². The van der Waals surface area contributed by atoms with Gasteiger partial charge in [0.05, 0.1) is 24.9 Å². The van der Waals surface area contributed by atoms with Crippen LogP contribution in [0, 0.1) is 6.92 Å². The summed E-state index contributed by atoms with van der Waals surface area (Å²) >= 11 is 0. The standard InChI is InChI=1S/C26H33N5O3/c1-6-20-24(26(32)30(4)25(29-20)19-12-11-18(33-5)14-17(19)3)28-21-15-31(16-22(21)34-7-2)23-10-8-9-13-27-23/h8-14,21-22,28H,6-7,15-16H2,1-5H3. The van der Waals surface area contributed by atoms with E-state index >= 15 is 0 Å². The first kappa shape index (κ1) is 23.8. The van der Waals surface area contributed by atoms with Gasteiger partial charge < -0.3 is 19.7 Å². The van der Waals surface area contributed by atoms with Gasteiger partial charge in [-0.15, -0.1) is 0 Å². The van der Waals surface area contributed by atoms with Crippen molar-refractivity contribution in [2.45, 2.75) is 39.3 Å². The van der Waals surface area contributed by atoms with E-state index in [2.05, 4.69) is 15.2 Å². The molecule has 0 bridgehead atoms. The lowest BCUT2D eigenvalue weighted by atomic mass is 10.1. The van der Waals surface area contributed by atoms with Gasteiger partial charge in [0.1, 0.15) is 23.1 Å². The molecule has 2 unspecified atom stereocenters. The fourth-order valence-electron chi connectivity index (χ4n) is 4.51. The highest BCUT2D eigenvalue weighted by Gasteiger charge is 2.35. The van der Waals surface area contributed by atoms with Gasteiger partial charge >= 0.3 is 0 Å². The molecule has 1 aromatic carbocycles. The number of rotatable bonds is 8. The van der Waals surface area contributed by atoms with Crippen molar-refractivity contribution in [1.82, 2.24) is 14.5 Å². The lowest BCUT2D eigenvalue weighted by Gasteiger charge is -2.23. The quantitative estimate of drug-likeness (QED) is 0.548. The largest absolute Gasteiger partial charge is 0.497 e. The number of methoxy groups -OCH3 is 1. The summed E-state index contributed by atoms with van der Waals surface area (Å²) in [5.41, 5.74) is 3.11. The molecule has 4 rings (SSSR count). The molecule has 2 aromatic heterocycles. The summed E-state index contributed by atoms with van der Waals surface area (Å²) in [4.78, 5) is 25.1. The molecule has 8 heteroatoms. The second kappa shape index (κ2) is 10.3. The second-order valence-corrected chi connectivity index (χ2v) is 8.49. The first-order valence-corrected chi connectivity index (χ1v) is 11.8. The molecular weight excluding hydrogens is 430 g/mol. The SMILES string of the molecule is CCOC1CN(c2ccccn2)CC1Nc1c(CC)nc(-c2ccc(OC)cc2C)n(C)c1=O. The van der Waals surface area contributed by atoms with Gasteiger partial charge in [0.2, 0.25) is 0 Å². The van der Waals surface area contributed by atoms with Crippen LogP contribution >= 0.6 is 0 Å². The van der Waals surface area contributed by atoms with E-state index < -0.39 is 0 Å². The summed E-state index contributed by atoms with van der Waals surface area (Å²) < 4.78 is 13.0. The molecule has 1 saturated heterocycles. The van der Waals surface area contributed by atoms with Crippen molar-refractivity contribution < 1.29 is 9.47 Å². The van der Waals surface area contributed by atoms with Crippen LogP contribution < -0.4 is 20.5 Å². The summed E-state index contributed by atoms with van der Waals surface area (Å²) in [6.07, 6.45) is 2.36. The van der Waals surface area contributed by atoms with Gasteiger partial charge in [-0.2, -0.15) is 0 Å². The van der Waals surface area contributed by atoms with E-state index in [1.807, 2.05) is 57.2 Å². The highest BCUT2D eigenvalue weighted by Crippen LogP contribution is 2.27. The maximum absolute atomic E-state index is 13.5. The Bertz CT molecular complexity index is 1200. The molecular formula is C26H33N5O3. The third-order valence-electron chi connectivity index (χ3n) is 6.32. The zero-order valence-corrected chi connectivity index (χ0v) is 20.5. The maximum atomic E-state index is 13.5. The maximum Gasteiger partial charge on any atom is 0.277 e. The molecule has 0 radical (unpaired) electrons. The van der Waals surface area contributed by atoms with E-state index in [9.17, 15) is 4.79 Å².